The van der Waals surface area contributed by atoms with E-state index < -0.39 is 4.92 Å². The van der Waals surface area contributed by atoms with E-state index in [2.05, 4.69) is 49.2 Å². The Bertz CT molecular complexity index is 1100. The average molecular weight is 473 g/mol. The number of anilines is 1. The van der Waals surface area contributed by atoms with Crippen molar-refractivity contribution >= 4 is 52.4 Å². The summed E-state index contributed by atoms with van der Waals surface area (Å²) in [6, 6.07) is 9.99. The quantitative estimate of drug-likeness (QED) is 0.248. The minimum Gasteiger partial charge on any atom is -0.363 e. The van der Waals surface area contributed by atoms with Crippen LogP contribution in [0.15, 0.2) is 52.5 Å². The number of fused-ring (bicyclic) bond motifs is 1. The first-order valence-corrected chi connectivity index (χ1v) is 11.5. The number of benzene rings is 2. The Morgan fingerprint density at radius 1 is 1.31 bits per heavy atom. The van der Waals surface area contributed by atoms with Gasteiger partial charge in [0.05, 0.1) is 27.5 Å². The number of carbonyl (C=O) groups excluding carboxylic acids is 1. The van der Waals surface area contributed by atoms with Gasteiger partial charge >= 0.3 is 0 Å². The maximum Gasteiger partial charge on any atom is 0.269 e. The van der Waals surface area contributed by atoms with Crippen LogP contribution >= 0.6 is 23.4 Å². The number of nitrogens with zero attached hydrogens (tertiary/aromatic N) is 3. The van der Waals surface area contributed by atoms with Crippen molar-refractivity contribution in [2.45, 2.75) is 38.1 Å². The summed E-state index contributed by atoms with van der Waals surface area (Å²) in [6.07, 6.45) is 3.78. The van der Waals surface area contributed by atoms with Gasteiger partial charge in [0.1, 0.15) is 0 Å². The van der Waals surface area contributed by atoms with E-state index in [-0.39, 0.29) is 22.9 Å². The summed E-state index contributed by atoms with van der Waals surface area (Å²) in [4.78, 5) is 25.4. The second kappa shape index (κ2) is 9.75. The molecule has 0 radical (unpaired) electrons. The van der Waals surface area contributed by atoms with E-state index in [0.717, 1.165) is 28.3 Å². The summed E-state index contributed by atoms with van der Waals surface area (Å²) in [5.74, 6) is -0.149. The van der Waals surface area contributed by atoms with E-state index in [1.807, 2.05) is 12.1 Å². The molecule has 0 saturated heterocycles. The van der Waals surface area contributed by atoms with Crippen molar-refractivity contribution in [3.05, 3.63) is 68.7 Å². The minimum atomic E-state index is -0.459. The lowest BCUT2D eigenvalue weighted by molar-refractivity contribution is -0.384. The summed E-state index contributed by atoms with van der Waals surface area (Å²) in [7, 11) is 0. The molecule has 2 aromatic carbocycles. The summed E-state index contributed by atoms with van der Waals surface area (Å²) >= 11 is 7.79. The Hall–Kier alpha value is -2.84. The number of thioether (sulfide) groups is 1. The first kappa shape index (κ1) is 23.8. The fourth-order valence-electron chi connectivity index (χ4n) is 3.81. The third kappa shape index (κ3) is 5.31. The number of allylic oxidation sites excluding steroid dienone is 1. The standard InChI is InChI=1S/C23H25ClN4O3S/c1-5-27-21-11-20(24)16(10-19(21)15(2)12-23(27,3)4)13-25-26-22(29)14-32-18-8-6-17(7-9-18)28(30)31/h6-13H,5,14H2,1-4H3,(H,26,29)/b25-13-. The third-order valence-electron chi connectivity index (χ3n) is 5.22. The van der Waals surface area contributed by atoms with E-state index >= 15 is 0 Å². The molecule has 0 atom stereocenters. The number of halogens is 1. The smallest absolute Gasteiger partial charge is 0.269 e. The number of hydrogen-bond donors (Lipinski definition) is 1. The molecular formula is C23H25ClN4O3S. The molecule has 2 aromatic rings. The topological polar surface area (TPSA) is 87.8 Å². The van der Waals surface area contributed by atoms with Crippen LogP contribution < -0.4 is 10.3 Å². The fourth-order valence-corrected chi connectivity index (χ4v) is 4.71. The van der Waals surface area contributed by atoms with Gasteiger partial charge in [0, 0.05) is 40.4 Å². The van der Waals surface area contributed by atoms with Gasteiger partial charge in [-0.1, -0.05) is 17.7 Å². The van der Waals surface area contributed by atoms with Crippen molar-refractivity contribution in [2.75, 3.05) is 17.2 Å². The monoisotopic (exact) mass is 472 g/mol. The van der Waals surface area contributed by atoms with Gasteiger partial charge in [0.25, 0.3) is 5.69 Å². The Labute approximate surface area is 196 Å². The predicted molar refractivity (Wildman–Crippen MR) is 132 cm³/mol. The van der Waals surface area contributed by atoms with Crippen LogP contribution in [0.2, 0.25) is 5.02 Å². The number of nitro benzene ring substituents is 1. The van der Waals surface area contributed by atoms with Gasteiger partial charge in [-0.2, -0.15) is 5.10 Å². The molecule has 1 aliphatic heterocycles. The normalized spacial score (nSPS) is 14.8. The van der Waals surface area contributed by atoms with E-state index in [1.54, 1.807) is 18.3 Å². The van der Waals surface area contributed by atoms with Crippen molar-refractivity contribution in [1.82, 2.24) is 5.43 Å². The lowest BCUT2D eigenvalue weighted by Gasteiger charge is -2.43. The van der Waals surface area contributed by atoms with Crippen LogP contribution in [-0.2, 0) is 4.79 Å². The van der Waals surface area contributed by atoms with E-state index in [0.29, 0.717) is 5.02 Å². The zero-order valence-corrected chi connectivity index (χ0v) is 20.0. The molecule has 0 saturated carbocycles. The Balaban J connectivity index is 1.65. The van der Waals surface area contributed by atoms with Crippen LogP contribution in [0.1, 0.15) is 38.8 Å². The van der Waals surface area contributed by atoms with Gasteiger partial charge in [-0.15, -0.1) is 11.8 Å². The molecule has 0 unspecified atom stereocenters. The highest BCUT2D eigenvalue weighted by atomic mass is 35.5. The van der Waals surface area contributed by atoms with Gasteiger partial charge < -0.3 is 4.90 Å². The van der Waals surface area contributed by atoms with Crippen LogP contribution in [-0.4, -0.2) is 34.9 Å². The fraction of sp³-hybridized carbons (Fsp3) is 0.304. The summed E-state index contributed by atoms with van der Waals surface area (Å²) in [5.41, 5.74) is 6.49. The van der Waals surface area contributed by atoms with Crippen LogP contribution in [0.3, 0.4) is 0 Å². The number of carbonyl (C=O) groups is 1. The van der Waals surface area contributed by atoms with Crippen molar-refractivity contribution in [3.63, 3.8) is 0 Å². The summed E-state index contributed by atoms with van der Waals surface area (Å²) in [5, 5.41) is 15.3. The first-order chi connectivity index (χ1) is 15.1. The van der Waals surface area contributed by atoms with Gasteiger partial charge in [-0.05, 0) is 57.5 Å². The van der Waals surface area contributed by atoms with E-state index in [1.165, 1.54) is 29.5 Å². The number of rotatable bonds is 7. The lowest BCUT2D eigenvalue weighted by Crippen LogP contribution is -2.44. The van der Waals surface area contributed by atoms with Crippen LogP contribution in [0.5, 0.6) is 0 Å². The highest BCUT2D eigenvalue weighted by Gasteiger charge is 2.30. The number of amides is 1. The Morgan fingerprint density at radius 3 is 2.62 bits per heavy atom. The molecule has 0 aliphatic carbocycles. The Morgan fingerprint density at radius 2 is 2.00 bits per heavy atom. The molecule has 9 heteroatoms. The van der Waals surface area contributed by atoms with Gasteiger partial charge in [0.15, 0.2) is 0 Å². The lowest BCUT2D eigenvalue weighted by atomic mass is 9.88. The zero-order chi connectivity index (χ0) is 23.5. The number of likely N-dealkylation sites (N-methyl/N-ethyl adjacent to an activating group) is 1. The summed E-state index contributed by atoms with van der Waals surface area (Å²) in [6.45, 7) is 9.41. The molecule has 1 N–H and O–H groups in total. The molecule has 0 fully saturated rings. The molecule has 0 spiro atoms. The van der Waals surface area contributed by atoms with Crippen molar-refractivity contribution in [2.24, 2.45) is 5.10 Å². The van der Waals surface area contributed by atoms with Crippen LogP contribution in [0.4, 0.5) is 11.4 Å². The largest absolute Gasteiger partial charge is 0.363 e. The zero-order valence-electron chi connectivity index (χ0n) is 18.4. The SMILES string of the molecule is CCN1c2cc(Cl)c(/C=N\NC(=O)CSc3ccc([N+](=O)[O-])cc3)cc2C(C)=CC1(C)C. The van der Waals surface area contributed by atoms with Gasteiger partial charge in [-0.3, -0.25) is 14.9 Å². The van der Waals surface area contributed by atoms with E-state index in [9.17, 15) is 14.9 Å². The second-order valence-corrected chi connectivity index (χ2v) is 9.40. The van der Waals surface area contributed by atoms with Gasteiger partial charge in [-0.25, -0.2) is 5.43 Å². The average Bonchev–Trinajstić information content (AvgIpc) is 2.73. The molecule has 1 amide bonds. The molecule has 168 valence electrons. The number of hydrazone groups is 1. The first-order valence-electron chi connectivity index (χ1n) is 10.1. The number of nitro groups is 1. The van der Waals surface area contributed by atoms with Crippen molar-refractivity contribution < 1.29 is 9.72 Å². The Kier molecular flexibility index (Phi) is 7.26. The predicted octanol–water partition coefficient (Wildman–Crippen LogP) is 5.51. The van der Waals surface area contributed by atoms with E-state index in [4.69, 9.17) is 11.6 Å². The van der Waals surface area contributed by atoms with Crippen molar-refractivity contribution in [1.29, 1.82) is 0 Å². The number of non-ortho nitro benzene ring substituents is 1. The third-order valence-corrected chi connectivity index (χ3v) is 6.56. The molecule has 0 aromatic heterocycles. The number of hydrogen-bond acceptors (Lipinski definition) is 6. The molecule has 32 heavy (non-hydrogen) atoms. The second-order valence-electron chi connectivity index (χ2n) is 7.95. The molecule has 1 heterocycles. The van der Waals surface area contributed by atoms with Gasteiger partial charge in [0.2, 0.25) is 5.91 Å². The maximum absolute atomic E-state index is 12.1. The minimum absolute atomic E-state index is 0.0148. The molecular weight excluding hydrogens is 448 g/mol. The molecule has 7 nitrogen and oxygen atoms in total. The molecule has 1 aliphatic rings. The van der Waals surface area contributed by atoms with Crippen LogP contribution in [0.25, 0.3) is 5.57 Å². The highest BCUT2D eigenvalue weighted by molar-refractivity contribution is 8.00. The van der Waals surface area contributed by atoms with Crippen LogP contribution in [0, 0.1) is 10.1 Å². The highest BCUT2D eigenvalue weighted by Crippen LogP contribution is 2.40. The molecule has 0 bridgehead atoms. The number of nitrogens with one attached hydrogen (secondary N) is 1. The maximum atomic E-state index is 12.1. The molecule has 3 rings (SSSR count). The van der Waals surface area contributed by atoms with Crippen molar-refractivity contribution in [3.8, 4) is 0 Å². The summed E-state index contributed by atoms with van der Waals surface area (Å²) < 4.78 is 0.